The van der Waals surface area contributed by atoms with Gasteiger partial charge >= 0.3 is 0 Å². The molecule has 3 aromatic heterocycles. The fourth-order valence-corrected chi connectivity index (χ4v) is 4.26. The Labute approximate surface area is 205 Å². The van der Waals surface area contributed by atoms with Crippen LogP contribution in [0.15, 0.2) is 81.8 Å². The van der Waals surface area contributed by atoms with Crippen LogP contribution in [0.25, 0.3) is 55.7 Å². The highest BCUT2D eigenvalue weighted by Crippen LogP contribution is 2.39. The highest BCUT2D eigenvalue weighted by Gasteiger charge is 2.20. The molecule has 168 valence electrons. The van der Waals surface area contributed by atoms with Crippen LogP contribution in [0.4, 0.5) is 0 Å². The molecule has 0 N–H and O–H groups in total. The highest BCUT2D eigenvalue weighted by molar-refractivity contribution is 6.15. The molecule has 0 atom stereocenters. The molecule has 0 unspecified atom stereocenters. The van der Waals surface area contributed by atoms with Gasteiger partial charge in [-0.05, 0) is 66.2 Å². The first-order valence-electron chi connectivity index (χ1n) is 13.7. The molecule has 0 amide bonds. The lowest BCUT2D eigenvalue weighted by Gasteiger charge is -2.20. The van der Waals surface area contributed by atoms with Crippen molar-refractivity contribution < 1.29 is 15.7 Å². The van der Waals surface area contributed by atoms with E-state index in [9.17, 15) is 0 Å². The predicted molar refractivity (Wildman–Crippen MR) is 138 cm³/mol. The summed E-state index contributed by atoms with van der Waals surface area (Å²) in [4.78, 5) is 9.12. The van der Waals surface area contributed by atoms with Crippen molar-refractivity contribution in [1.29, 1.82) is 0 Å². The van der Waals surface area contributed by atoms with E-state index in [0.29, 0.717) is 39.4 Å². The first-order chi connectivity index (χ1) is 18.4. The second-order valence-electron chi connectivity index (χ2n) is 9.45. The summed E-state index contributed by atoms with van der Waals surface area (Å²) in [6.45, 7) is 2.74. The second kappa shape index (κ2) is 7.56. The molecule has 34 heavy (non-hydrogen) atoms. The Hall–Kier alpha value is -3.92. The van der Waals surface area contributed by atoms with Crippen LogP contribution >= 0.6 is 0 Å². The maximum Gasteiger partial charge on any atom is 0.227 e. The number of oxazole rings is 1. The first kappa shape index (κ1) is 15.8. The lowest BCUT2D eigenvalue weighted by atomic mass is 9.86. The topological polar surface area (TPSA) is 52.1 Å². The summed E-state index contributed by atoms with van der Waals surface area (Å²) < 4.78 is 54.3. The van der Waals surface area contributed by atoms with Gasteiger partial charge in [0.1, 0.15) is 11.1 Å². The molecule has 4 heteroatoms. The summed E-state index contributed by atoms with van der Waals surface area (Å²) in [7, 11) is 0. The van der Waals surface area contributed by atoms with Gasteiger partial charge in [0, 0.05) is 34.9 Å². The van der Waals surface area contributed by atoms with Crippen molar-refractivity contribution in [1.82, 2.24) is 9.97 Å². The third-order valence-electron chi connectivity index (χ3n) is 5.73. The molecule has 3 aromatic carbocycles. The summed E-state index contributed by atoms with van der Waals surface area (Å²) in [6, 6.07) is 20.7. The van der Waals surface area contributed by atoms with Crippen LogP contribution in [-0.4, -0.2) is 9.97 Å². The normalized spacial score (nSPS) is 15.2. The third-order valence-corrected chi connectivity index (χ3v) is 5.73. The van der Waals surface area contributed by atoms with Gasteiger partial charge in [-0.15, -0.1) is 0 Å². The van der Waals surface area contributed by atoms with Gasteiger partial charge in [0.05, 0.1) is 5.69 Å². The van der Waals surface area contributed by atoms with E-state index in [0.717, 1.165) is 16.3 Å². The number of hydrogen-bond donors (Lipinski definition) is 0. The van der Waals surface area contributed by atoms with Gasteiger partial charge < -0.3 is 8.83 Å². The molecular formula is C30H26N2O2. The predicted octanol–water partition coefficient (Wildman–Crippen LogP) is 8.35. The number of benzene rings is 3. The fourth-order valence-electron chi connectivity index (χ4n) is 4.26. The number of fused-ring (bicyclic) bond motifs is 5. The number of rotatable bonds is 3. The van der Waals surface area contributed by atoms with Crippen molar-refractivity contribution in [3.8, 4) is 22.7 Å². The zero-order valence-electron chi connectivity index (χ0n) is 24.1. The maximum atomic E-state index is 8.86. The molecule has 0 radical (unpaired) electrons. The maximum absolute atomic E-state index is 8.86. The van der Waals surface area contributed by atoms with E-state index < -0.39 is 18.6 Å². The minimum atomic E-state index is -2.51. The zero-order chi connectivity index (χ0) is 27.7. The van der Waals surface area contributed by atoms with Crippen molar-refractivity contribution in [2.24, 2.45) is 5.41 Å². The average Bonchev–Trinajstić information content (AvgIpc) is 3.49. The molecule has 4 nitrogen and oxygen atoms in total. The molecule has 0 aliphatic carbocycles. The Morgan fingerprint density at radius 2 is 1.71 bits per heavy atom. The smallest absolute Gasteiger partial charge is 0.227 e. The van der Waals surface area contributed by atoms with Gasteiger partial charge in [0.2, 0.25) is 5.89 Å². The summed E-state index contributed by atoms with van der Waals surface area (Å²) in [5, 5.41) is 1.68. The van der Waals surface area contributed by atoms with Gasteiger partial charge in [-0.1, -0.05) is 51.1 Å². The minimum Gasteiger partial charge on any atom is -0.451 e. The number of furan rings is 1. The molecular weight excluding hydrogens is 420 g/mol. The van der Waals surface area contributed by atoms with E-state index in [4.69, 9.17) is 15.7 Å². The van der Waals surface area contributed by atoms with E-state index in [1.807, 2.05) is 60.7 Å². The fraction of sp³-hybridized carbons (Fsp3) is 0.200. The summed E-state index contributed by atoms with van der Waals surface area (Å²) in [6.07, 6.45) is -0.667. The van der Waals surface area contributed by atoms with Crippen LogP contribution in [0.2, 0.25) is 0 Å². The number of aromatic nitrogens is 2. The average molecular weight is 452 g/mol. The van der Waals surface area contributed by atoms with E-state index in [1.165, 1.54) is 6.20 Å². The monoisotopic (exact) mass is 451 g/mol. The van der Waals surface area contributed by atoms with E-state index in [2.05, 4.69) is 9.97 Å². The van der Waals surface area contributed by atoms with Crippen molar-refractivity contribution in [3.05, 3.63) is 84.1 Å². The van der Waals surface area contributed by atoms with Crippen LogP contribution in [0.1, 0.15) is 38.8 Å². The molecule has 0 bridgehead atoms. The Balaban J connectivity index is 1.58. The molecule has 6 aromatic rings. The largest absolute Gasteiger partial charge is 0.451 e. The van der Waals surface area contributed by atoms with Crippen LogP contribution in [-0.2, 0) is 6.37 Å². The quantitative estimate of drug-likeness (QED) is 0.271. The minimum absolute atomic E-state index is 0.0956. The van der Waals surface area contributed by atoms with Crippen molar-refractivity contribution >= 4 is 33.0 Å². The van der Waals surface area contributed by atoms with Crippen LogP contribution < -0.4 is 0 Å². The van der Waals surface area contributed by atoms with Crippen molar-refractivity contribution in [2.45, 2.75) is 34.0 Å². The van der Waals surface area contributed by atoms with Gasteiger partial charge in [-0.3, -0.25) is 4.98 Å². The third kappa shape index (κ3) is 3.47. The Morgan fingerprint density at radius 3 is 2.50 bits per heavy atom. The molecule has 0 spiro atoms. The Bertz CT molecular complexity index is 1860. The van der Waals surface area contributed by atoms with E-state index in [-0.39, 0.29) is 11.1 Å². The molecule has 0 aliphatic heterocycles. The summed E-state index contributed by atoms with van der Waals surface area (Å²) in [5.74, 6) is 0.495. The number of aryl methyl sites for hydroxylation is 1. The zero-order valence-corrected chi connectivity index (χ0v) is 19.1. The molecule has 0 aliphatic rings. The number of hydrogen-bond acceptors (Lipinski definition) is 4. The second-order valence-corrected chi connectivity index (χ2v) is 9.45. The lowest BCUT2D eigenvalue weighted by Crippen LogP contribution is -2.10. The Kier molecular flexibility index (Phi) is 3.52. The van der Waals surface area contributed by atoms with Gasteiger partial charge in [-0.25, -0.2) is 4.98 Å². The van der Waals surface area contributed by atoms with Crippen LogP contribution in [0.5, 0.6) is 0 Å². The Morgan fingerprint density at radius 1 is 0.882 bits per heavy atom. The lowest BCUT2D eigenvalue weighted by molar-refractivity contribution is 0.410. The summed E-state index contributed by atoms with van der Waals surface area (Å²) >= 11 is 0. The standard InChI is InChI=1S/C30H26N2O2/c1-18-17-31-25(15-20(18)16-30(2,3)4)23-12-8-11-21-22-13-14-24-28(27(22)33-26(21)23)34-29(32-24)19-9-6-5-7-10-19/h5-15,17H,16H2,1-4H3/i1D3,16D2. The SMILES string of the molecule is [2H]C([2H])([2H])c1cnc(-c2cccc3c2oc2c3ccc3nc(-c4ccccc4)oc32)cc1C([2H])([2H])C(C)(C)C. The number of nitrogens with zero attached hydrogens (tertiary/aromatic N) is 2. The molecule has 6 rings (SSSR count). The van der Waals surface area contributed by atoms with Crippen LogP contribution in [0.3, 0.4) is 0 Å². The van der Waals surface area contributed by atoms with Crippen molar-refractivity contribution in [3.63, 3.8) is 0 Å². The highest BCUT2D eigenvalue weighted by atomic mass is 16.4. The first-order valence-corrected chi connectivity index (χ1v) is 11.2. The van der Waals surface area contributed by atoms with Gasteiger partial charge in [-0.2, -0.15) is 0 Å². The van der Waals surface area contributed by atoms with E-state index >= 15 is 0 Å². The van der Waals surface area contributed by atoms with Gasteiger partial charge in [0.15, 0.2) is 11.2 Å². The van der Waals surface area contributed by atoms with Gasteiger partial charge in [0.25, 0.3) is 0 Å². The van der Waals surface area contributed by atoms with Crippen LogP contribution in [0, 0.1) is 12.3 Å². The number of para-hydroxylation sites is 1. The number of pyridine rings is 1. The molecule has 0 saturated carbocycles. The van der Waals surface area contributed by atoms with Crippen molar-refractivity contribution in [2.75, 3.05) is 0 Å². The molecule has 0 saturated heterocycles. The molecule has 0 fully saturated rings. The summed E-state index contributed by atoms with van der Waals surface area (Å²) in [5.41, 5.74) is 3.36. The molecule has 3 heterocycles. The van der Waals surface area contributed by atoms with E-state index in [1.54, 1.807) is 26.8 Å².